The Morgan fingerprint density at radius 2 is 1.76 bits per heavy atom. The van der Waals surface area contributed by atoms with Gasteiger partial charge in [0.1, 0.15) is 5.75 Å². The van der Waals surface area contributed by atoms with E-state index in [2.05, 4.69) is 22.6 Å². The number of thiophene rings is 1. The van der Waals surface area contributed by atoms with Crippen LogP contribution in [0, 0.1) is 9.39 Å². The number of benzene rings is 2. The first-order chi connectivity index (χ1) is 10.1. The topological polar surface area (TPSA) is 18.5 Å². The fourth-order valence-electron chi connectivity index (χ4n) is 2.18. The summed E-state index contributed by atoms with van der Waals surface area (Å²) in [5, 5.41) is 0.897. The summed E-state index contributed by atoms with van der Waals surface area (Å²) in [6.45, 7) is 0. The van der Waals surface area contributed by atoms with Gasteiger partial charge in [-0.2, -0.15) is 0 Å². The van der Waals surface area contributed by atoms with Crippen molar-refractivity contribution in [1.82, 2.24) is 0 Å². The maximum absolute atomic E-state index is 13.9. The smallest absolute Gasteiger partial charge is 0.169 e. The minimum absolute atomic E-state index is 0.311. The predicted molar refractivity (Wildman–Crippen MR) is 93.0 cm³/mol. The lowest BCUT2D eigenvalue weighted by Gasteiger charge is -2.04. The van der Waals surface area contributed by atoms with Gasteiger partial charge in [-0.15, -0.1) is 11.3 Å². The molecule has 0 spiro atoms. The summed E-state index contributed by atoms with van der Waals surface area (Å²) < 4.78 is 26.1. The van der Waals surface area contributed by atoms with Gasteiger partial charge in [-0.05, 0) is 69.9 Å². The number of ether oxygens (including phenoxy) is 2. The quantitative estimate of drug-likeness (QED) is 0.540. The molecule has 0 atom stereocenters. The molecule has 5 heteroatoms. The van der Waals surface area contributed by atoms with Gasteiger partial charge in [0.25, 0.3) is 0 Å². The van der Waals surface area contributed by atoms with Gasteiger partial charge in [0.15, 0.2) is 11.6 Å². The first-order valence-electron chi connectivity index (χ1n) is 6.24. The minimum atomic E-state index is -0.325. The van der Waals surface area contributed by atoms with Crippen LogP contribution in [0.2, 0.25) is 0 Å². The van der Waals surface area contributed by atoms with E-state index in [1.165, 1.54) is 13.2 Å². The van der Waals surface area contributed by atoms with Crippen LogP contribution in [0.15, 0.2) is 36.4 Å². The van der Waals surface area contributed by atoms with Crippen molar-refractivity contribution < 1.29 is 13.9 Å². The molecule has 0 amide bonds. The van der Waals surface area contributed by atoms with Crippen molar-refractivity contribution >= 4 is 44.0 Å². The number of halogens is 2. The molecule has 3 rings (SSSR count). The van der Waals surface area contributed by atoms with Crippen molar-refractivity contribution in [2.45, 2.75) is 0 Å². The van der Waals surface area contributed by atoms with Crippen molar-refractivity contribution in [3.63, 3.8) is 0 Å². The van der Waals surface area contributed by atoms with Crippen LogP contribution in [0.5, 0.6) is 11.5 Å². The summed E-state index contributed by atoms with van der Waals surface area (Å²) in [5.74, 6) is 0.807. The second-order valence-electron chi connectivity index (χ2n) is 4.46. The van der Waals surface area contributed by atoms with Crippen molar-refractivity contribution in [2.75, 3.05) is 14.2 Å². The zero-order valence-electron chi connectivity index (χ0n) is 11.4. The summed E-state index contributed by atoms with van der Waals surface area (Å²) in [6.07, 6.45) is 0. The van der Waals surface area contributed by atoms with Gasteiger partial charge < -0.3 is 9.47 Å². The highest BCUT2D eigenvalue weighted by atomic mass is 127. The van der Waals surface area contributed by atoms with Crippen LogP contribution in [0.1, 0.15) is 0 Å². The average molecular weight is 414 g/mol. The first-order valence-corrected chi connectivity index (χ1v) is 8.13. The summed E-state index contributed by atoms with van der Waals surface area (Å²) in [7, 11) is 3.14. The molecule has 1 heterocycles. The van der Waals surface area contributed by atoms with Crippen LogP contribution in [0.25, 0.3) is 20.5 Å². The van der Waals surface area contributed by atoms with Gasteiger partial charge in [0.05, 0.1) is 22.5 Å². The lowest BCUT2D eigenvalue weighted by atomic mass is 10.1. The molecule has 2 nitrogen and oxygen atoms in total. The zero-order chi connectivity index (χ0) is 15.0. The predicted octanol–water partition coefficient (Wildman–Crippen LogP) is 5.33. The van der Waals surface area contributed by atoms with E-state index < -0.39 is 0 Å². The molecule has 0 fully saturated rings. The fourth-order valence-corrected chi connectivity index (χ4v) is 4.38. The molecule has 0 aliphatic carbocycles. The molecule has 0 saturated heterocycles. The maximum Gasteiger partial charge on any atom is 0.169 e. The lowest BCUT2D eigenvalue weighted by molar-refractivity contribution is 0.384. The zero-order valence-corrected chi connectivity index (χ0v) is 14.4. The standard InChI is InChI=1S/C16H12FIO2S/c1-19-11-5-3-9(4-6-11)13-8-10-7-12(17)15(20-2)14(18)16(10)21-13/h3-8H,1-2H3. The molecule has 0 N–H and O–H groups in total. The second-order valence-corrected chi connectivity index (χ2v) is 6.59. The molecule has 1 aromatic heterocycles. The monoisotopic (exact) mass is 414 g/mol. The Morgan fingerprint density at radius 3 is 2.38 bits per heavy atom. The molecule has 108 valence electrons. The van der Waals surface area contributed by atoms with E-state index in [9.17, 15) is 4.39 Å². The van der Waals surface area contributed by atoms with Crippen LogP contribution in [-0.2, 0) is 0 Å². The van der Waals surface area contributed by atoms with Gasteiger partial charge in [0, 0.05) is 4.88 Å². The third-order valence-corrected chi connectivity index (χ3v) is 5.85. The van der Waals surface area contributed by atoms with Gasteiger partial charge in [-0.25, -0.2) is 4.39 Å². The highest BCUT2D eigenvalue weighted by Crippen LogP contribution is 2.40. The Hall–Kier alpha value is -1.34. The number of methoxy groups -OCH3 is 2. The van der Waals surface area contributed by atoms with Crippen LogP contribution in [-0.4, -0.2) is 14.2 Å². The van der Waals surface area contributed by atoms with Crippen LogP contribution >= 0.6 is 33.9 Å². The van der Waals surface area contributed by atoms with E-state index in [0.717, 1.165) is 29.8 Å². The van der Waals surface area contributed by atoms with Crippen LogP contribution < -0.4 is 9.47 Å². The van der Waals surface area contributed by atoms with E-state index in [0.29, 0.717) is 5.75 Å². The molecule has 3 aromatic rings. The van der Waals surface area contributed by atoms with Gasteiger partial charge in [-0.3, -0.25) is 0 Å². The first kappa shape index (κ1) is 14.6. The Morgan fingerprint density at radius 1 is 1.05 bits per heavy atom. The normalized spacial score (nSPS) is 10.9. The van der Waals surface area contributed by atoms with E-state index in [-0.39, 0.29) is 5.82 Å². The van der Waals surface area contributed by atoms with E-state index in [1.807, 2.05) is 30.3 Å². The SMILES string of the molecule is COc1ccc(-c2cc3cc(F)c(OC)c(I)c3s2)cc1. The largest absolute Gasteiger partial charge is 0.497 e. The molecule has 21 heavy (non-hydrogen) atoms. The van der Waals surface area contributed by atoms with E-state index >= 15 is 0 Å². The number of rotatable bonds is 3. The van der Waals surface area contributed by atoms with E-state index in [4.69, 9.17) is 9.47 Å². The average Bonchev–Trinajstić information content (AvgIpc) is 2.92. The third-order valence-electron chi connectivity index (χ3n) is 3.24. The van der Waals surface area contributed by atoms with E-state index in [1.54, 1.807) is 18.4 Å². The van der Waals surface area contributed by atoms with Crippen molar-refractivity contribution in [3.8, 4) is 21.9 Å². The fraction of sp³-hybridized carbons (Fsp3) is 0.125. The van der Waals surface area contributed by atoms with Crippen molar-refractivity contribution in [3.05, 3.63) is 45.8 Å². The summed E-state index contributed by atoms with van der Waals surface area (Å²) >= 11 is 3.77. The van der Waals surface area contributed by atoms with Crippen molar-refractivity contribution in [2.24, 2.45) is 0 Å². The molecule has 0 aliphatic heterocycles. The van der Waals surface area contributed by atoms with Gasteiger partial charge >= 0.3 is 0 Å². The molecule has 0 radical (unpaired) electrons. The molecular weight excluding hydrogens is 402 g/mol. The summed E-state index contributed by atoms with van der Waals surface area (Å²) in [5.41, 5.74) is 1.09. The lowest BCUT2D eigenvalue weighted by Crippen LogP contribution is -1.91. The maximum atomic E-state index is 13.9. The highest BCUT2D eigenvalue weighted by molar-refractivity contribution is 14.1. The van der Waals surface area contributed by atoms with Crippen molar-refractivity contribution in [1.29, 1.82) is 0 Å². The molecule has 0 unspecified atom stereocenters. The second kappa shape index (κ2) is 5.81. The Labute approximate surface area is 139 Å². The van der Waals surface area contributed by atoms with Crippen LogP contribution in [0.3, 0.4) is 0 Å². The molecular formula is C16H12FIO2S. The van der Waals surface area contributed by atoms with Gasteiger partial charge in [-0.1, -0.05) is 0 Å². The number of fused-ring (bicyclic) bond motifs is 1. The number of hydrogen-bond donors (Lipinski definition) is 0. The number of hydrogen-bond acceptors (Lipinski definition) is 3. The molecule has 0 aliphatic rings. The third kappa shape index (κ3) is 2.60. The molecule has 0 bridgehead atoms. The summed E-state index contributed by atoms with van der Waals surface area (Å²) in [6, 6.07) is 11.4. The Bertz CT molecular complexity index is 796. The van der Waals surface area contributed by atoms with Crippen LogP contribution in [0.4, 0.5) is 4.39 Å². The Kier molecular flexibility index (Phi) is 4.03. The molecule has 2 aromatic carbocycles. The Balaban J connectivity index is 2.14. The van der Waals surface area contributed by atoms with Gasteiger partial charge in [0.2, 0.25) is 0 Å². The molecule has 0 saturated carbocycles. The summed E-state index contributed by atoms with van der Waals surface area (Å²) in [4.78, 5) is 1.10. The highest BCUT2D eigenvalue weighted by Gasteiger charge is 2.15. The minimum Gasteiger partial charge on any atom is -0.497 e.